The van der Waals surface area contributed by atoms with Gasteiger partial charge in [0.25, 0.3) is 0 Å². The molecule has 0 amide bonds. The highest BCUT2D eigenvalue weighted by molar-refractivity contribution is 5.56. The van der Waals surface area contributed by atoms with E-state index in [1.165, 1.54) is 0 Å². The van der Waals surface area contributed by atoms with Crippen molar-refractivity contribution in [3.05, 3.63) is 40.3 Å². The van der Waals surface area contributed by atoms with Crippen LogP contribution in [0.2, 0.25) is 0 Å². The quantitative estimate of drug-likeness (QED) is 0.707. The van der Waals surface area contributed by atoms with Crippen molar-refractivity contribution in [2.45, 2.75) is 0 Å². The zero-order valence-electron chi connectivity index (χ0n) is 8.14. The van der Waals surface area contributed by atoms with E-state index in [2.05, 4.69) is 15.0 Å². The molecule has 78 valence electrons. The van der Waals surface area contributed by atoms with Crippen LogP contribution in [0, 0.1) is 11.3 Å². The van der Waals surface area contributed by atoms with Gasteiger partial charge in [0.2, 0.25) is 5.95 Å². The van der Waals surface area contributed by atoms with Gasteiger partial charge in [0, 0.05) is 5.56 Å². The van der Waals surface area contributed by atoms with E-state index in [1.54, 1.807) is 24.3 Å². The molecule has 1 aromatic heterocycles. The van der Waals surface area contributed by atoms with Gasteiger partial charge >= 0.3 is 5.69 Å². The maximum absolute atomic E-state index is 11.1. The summed E-state index contributed by atoms with van der Waals surface area (Å²) in [6.45, 7) is 0. The Labute approximate surface area is 90.4 Å². The van der Waals surface area contributed by atoms with Gasteiger partial charge in [-0.1, -0.05) is 0 Å². The van der Waals surface area contributed by atoms with E-state index in [0.717, 1.165) is 0 Å². The normalized spacial score (nSPS) is 9.69. The number of hydrogen-bond donors (Lipinski definition) is 2. The highest BCUT2D eigenvalue weighted by Gasteiger charge is 2.02. The average molecular weight is 213 g/mol. The number of nitriles is 1. The molecule has 0 aliphatic rings. The first-order valence-corrected chi connectivity index (χ1v) is 4.43. The smallest absolute Gasteiger partial charge is 0.349 e. The molecule has 3 N–H and O–H groups in total. The maximum Gasteiger partial charge on any atom is 0.349 e. The molecule has 0 radical (unpaired) electrons. The van der Waals surface area contributed by atoms with Gasteiger partial charge in [-0.25, -0.2) is 4.79 Å². The predicted molar refractivity (Wildman–Crippen MR) is 57.2 cm³/mol. The van der Waals surface area contributed by atoms with Gasteiger partial charge in [-0.05, 0) is 24.3 Å². The second-order valence-corrected chi connectivity index (χ2v) is 3.05. The van der Waals surface area contributed by atoms with Crippen LogP contribution in [0.25, 0.3) is 11.4 Å². The molecule has 6 heteroatoms. The lowest BCUT2D eigenvalue weighted by Crippen LogP contribution is -2.15. The molecular formula is C10H7N5O. The topological polar surface area (TPSA) is 108 Å². The lowest BCUT2D eigenvalue weighted by Gasteiger charge is -2.00. The molecule has 0 aliphatic heterocycles. The van der Waals surface area contributed by atoms with Crippen LogP contribution in [-0.4, -0.2) is 15.0 Å². The van der Waals surface area contributed by atoms with E-state index in [1.807, 2.05) is 6.07 Å². The summed E-state index contributed by atoms with van der Waals surface area (Å²) in [5, 5.41) is 8.63. The number of H-pyrrole nitrogens is 1. The molecule has 0 atom stereocenters. The Bertz CT molecular complexity index is 608. The molecule has 0 fully saturated rings. The second-order valence-electron chi connectivity index (χ2n) is 3.05. The molecule has 0 bridgehead atoms. The lowest BCUT2D eigenvalue weighted by atomic mass is 10.1. The molecule has 2 rings (SSSR count). The molecule has 2 aromatic rings. The number of nitrogen functional groups attached to an aromatic ring is 1. The third kappa shape index (κ3) is 1.88. The van der Waals surface area contributed by atoms with E-state index in [0.29, 0.717) is 17.0 Å². The van der Waals surface area contributed by atoms with Gasteiger partial charge in [-0.15, -0.1) is 0 Å². The first-order valence-electron chi connectivity index (χ1n) is 4.43. The summed E-state index contributed by atoms with van der Waals surface area (Å²) in [6.07, 6.45) is 0. The fourth-order valence-electron chi connectivity index (χ4n) is 1.24. The summed E-state index contributed by atoms with van der Waals surface area (Å²) in [6, 6.07) is 8.61. The molecule has 6 nitrogen and oxygen atoms in total. The number of aromatic amines is 1. The first kappa shape index (κ1) is 9.86. The highest BCUT2D eigenvalue weighted by atomic mass is 16.1. The van der Waals surface area contributed by atoms with Crippen LogP contribution in [0.5, 0.6) is 0 Å². The van der Waals surface area contributed by atoms with Crippen LogP contribution in [-0.2, 0) is 0 Å². The Hall–Kier alpha value is -2.68. The molecule has 1 heterocycles. The molecular weight excluding hydrogens is 206 g/mol. The van der Waals surface area contributed by atoms with Crippen molar-refractivity contribution < 1.29 is 0 Å². The minimum atomic E-state index is -0.549. The largest absolute Gasteiger partial charge is 0.368 e. The SMILES string of the molecule is N#Cc1ccc(-c2nc(N)nc(=O)[nH]2)cc1. The van der Waals surface area contributed by atoms with Crippen molar-refractivity contribution in [3.8, 4) is 17.5 Å². The lowest BCUT2D eigenvalue weighted by molar-refractivity contribution is 1.01. The number of rotatable bonds is 1. The zero-order valence-corrected chi connectivity index (χ0v) is 8.14. The van der Waals surface area contributed by atoms with Gasteiger partial charge in [-0.2, -0.15) is 15.2 Å². The molecule has 0 saturated carbocycles. The third-order valence-electron chi connectivity index (χ3n) is 1.96. The zero-order chi connectivity index (χ0) is 11.5. The van der Waals surface area contributed by atoms with Gasteiger partial charge in [0.15, 0.2) is 0 Å². The summed E-state index contributed by atoms with van der Waals surface area (Å²) >= 11 is 0. The van der Waals surface area contributed by atoms with Crippen LogP contribution >= 0.6 is 0 Å². The number of nitrogens with zero attached hydrogens (tertiary/aromatic N) is 3. The van der Waals surface area contributed by atoms with Crippen molar-refractivity contribution >= 4 is 5.95 Å². The van der Waals surface area contributed by atoms with Crippen LogP contribution < -0.4 is 11.4 Å². The fourth-order valence-corrected chi connectivity index (χ4v) is 1.24. The Balaban J connectivity index is 2.51. The number of anilines is 1. The van der Waals surface area contributed by atoms with Gasteiger partial charge in [0.1, 0.15) is 5.82 Å². The Kier molecular flexibility index (Phi) is 2.36. The summed E-state index contributed by atoms with van der Waals surface area (Å²) in [5.41, 5.74) is 6.02. The van der Waals surface area contributed by atoms with Crippen molar-refractivity contribution in [2.24, 2.45) is 0 Å². The molecule has 0 unspecified atom stereocenters. The van der Waals surface area contributed by atoms with Crippen LogP contribution in [0.4, 0.5) is 5.95 Å². The molecule has 1 aromatic carbocycles. The van der Waals surface area contributed by atoms with E-state index >= 15 is 0 Å². The number of nitrogens with two attached hydrogens (primary N) is 1. The molecule has 0 spiro atoms. The predicted octanol–water partition coefficient (Wildman–Crippen LogP) is 0.286. The highest BCUT2D eigenvalue weighted by Crippen LogP contribution is 2.14. The van der Waals surface area contributed by atoms with Gasteiger partial charge in [0.05, 0.1) is 11.6 Å². The molecule has 0 saturated heterocycles. The van der Waals surface area contributed by atoms with E-state index in [9.17, 15) is 4.79 Å². The van der Waals surface area contributed by atoms with Crippen LogP contribution in [0.15, 0.2) is 29.1 Å². The van der Waals surface area contributed by atoms with Crippen LogP contribution in [0.1, 0.15) is 5.56 Å². The Morgan fingerprint density at radius 2 is 1.94 bits per heavy atom. The molecule has 0 aliphatic carbocycles. The standard InChI is InChI=1S/C10H7N5O/c11-5-6-1-3-7(4-2-6)8-13-9(12)15-10(16)14-8/h1-4H,(H3,12,13,14,15,16). The summed E-state index contributed by atoms with van der Waals surface area (Å²) < 4.78 is 0. The second kappa shape index (κ2) is 3.82. The number of aromatic nitrogens is 3. The van der Waals surface area contributed by atoms with E-state index in [4.69, 9.17) is 11.0 Å². The fraction of sp³-hybridized carbons (Fsp3) is 0. The summed E-state index contributed by atoms with van der Waals surface area (Å²) in [4.78, 5) is 20.8. The number of hydrogen-bond acceptors (Lipinski definition) is 5. The maximum atomic E-state index is 11.1. The number of nitrogens with one attached hydrogen (secondary N) is 1. The summed E-state index contributed by atoms with van der Waals surface area (Å²) in [5.74, 6) is 0.255. The third-order valence-corrected chi connectivity index (χ3v) is 1.96. The van der Waals surface area contributed by atoms with Crippen molar-refractivity contribution in [1.29, 1.82) is 5.26 Å². The summed E-state index contributed by atoms with van der Waals surface area (Å²) in [7, 11) is 0. The van der Waals surface area contributed by atoms with Crippen molar-refractivity contribution in [2.75, 3.05) is 5.73 Å². The minimum Gasteiger partial charge on any atom is -0.368 e. The van der Waals surface area contributed by atoms with E-state index in [-0.39, 0.29) is 5.95 Å². The minimum absolute atomic E-state index is 0.0805. The van der Waals surface area contributed by atoms with Crippen molar-refractivity contribution in [1.82, 2.24) is 15.0 Å². The van der Waals surface area contributed by atoms with Gasteiger partial charge in [-0.3, -0.25) is 4.98 Å². The average Bonchev–Trinajstić information content (AvgIpc) is 2.28. The Morgan fingerprint density at radius 1 is 1.25 bits per heavy atom. The van der Waals surface area contributed by atoms with Crippen molar-refractivity contribution in [3.63, 3.8) is 0 Å². The first-order chi connectivity index (χ1) is 7.69. The van der Waals surface area contributed by atoms with E-state index < -0.39 is 5.69 Å². The molecule has 16 heavy (non-hydrogen) atoms. The Morgan fingerprint density at radius 3 is 2.50 bits per heavy atom. The monoisotopic (exact) mass is 213 g/mol. The number of benzene rings is 1. The van der Waals surface area contributed by atoms with Gasteiger partial charge < -0.3 is 5.73 Å². The van der Waals surface area contributed by atoms with Crippen LogP contribution in [0.3, 0.4) is 0 Å².